The Hall–Kier alpha value is -0.860. The summed E-state index contributed by atoms with van der Waals surface area (Å²) in [5, 5.41) is 3.56. The molecule has 1 aliphatic rings. The maximum absolute atomic E-state index is 5.92. The van der Waals surface area contributed by atoms with Gasteiger partial charge in [-0.05, 0) is 49.1 Å². The zero-order valence-corrected chi connectivity index (χ0v) is 13.2. The maximum Gasteiger partial charge on any atom is 0.0509 e. The van der Waals surface area contributed by atoms with E-state index in [2.05, 4.69) is 50.4 Å². The number of ether oxygens (including phenoxy) is 1. The van der Waals surface area contributed by atoms with E-state index in [0.29, 0.717) is 12.0 Å². The van der Waals surface area contributed by atoms with Crippen LogP contribution >= 0.6 is 0 Å². The van der Waals surface area contributed by atoms with E-state index in [1.54, 1.807) is 0 Å². The fourth-order valence-corrected chi connectivity index (χ4v) is 2.43. The number of nitrogens with one attached hydrogen (secondary N) is 1. The molecule has 1 fully saturated rings. The van der Waals surface area contributed by atoms with E-state index in [4.69, 9.17) is 4.74 Å². The van der Waals surface area contributed by atoms with Gasteiger partial charge in [0.25, 0.3) is 0 Å². The van der Waals surface area contributed by atoms with Gasteiger partial charge in [-0.15, -0.1) is 0 Å². The van der Waals surface area contributed by atoms with Crippen LogP contribution in [0.3, 0.4) is 0 Å². The van der Waals surface area contributed by atoms with Gasteiger partial charge in [-0.1, -0.05) is 38.1 Å². The largest absolute Gasteiger partial charge is 0.381 e. The Labute approximate surface area is 123 Å². The van der Waals surface area contributed by atoms with Crippen molar-refractivity contribution in [1.29, 1.82) is 0 Å². The first-order valence-corrected chi connectivity index (χ1v) is 8.00. The molecular weight excluding hydrogens is 246 g/mol. The number of hydrogen-bond acceptors (Lipinski definition) is 2. The van der Waals surface area contributed by atoms with Gasteiger partial charge in [0.1, 0.15) is 0 Å². The van der Waals surface area contributed by atoms with Gasteiger partial charge in [0.05, 0.1) is 6.61 Å². The fourth-order valence-electron chi connectivity index (χ4n) is 2.43. The van der Waals surface area contributed by atoms with E-state index in [1.807, 2.05) is 0 Å². The van der Waals surface area contributed by atoms with Crippen molar-refractivity contribution < 1.29 is 4.74 Å². The monoisotopic (exact) mass is 275 g/mol. The van der Waals surface area contributed by atoms with Crippen molar-refractivity contribution in [3.63, 3.8) is 0 Å². The van der Waals surface area contributed by atoms with Gasteiger partial charge in [-0.3, -0.25) is 0 Å². The second kappa shape index (κ2) is 7.80. The molecule has 0 spiro atoms. The van der Waals surface area contributed by atoms with Gasteiger partial charge in [-0.2, -0.15) is 0 Å². The van der Waals surface area contributed by atoms with Crippen LogP contribution in [0.15, 0.2) is 24.3 Å². The van der Waals surface area contributed by atoms with Crippen molar-refractivity contribution in [2.75, 3.05) is 19.8 Å². The smallest absolute Gasteiger partial charge is 0.0509 e. The van der Waals surface area contributed by atoms with Gasteiger partial charge < -0.3 is 10.1 Å². The molecule has 2 nitrogen and oxygen atoms in total. The SMILES string of the molecule is Cc1ccccc1CC(CNC(C)C)COCC1CC1. The molecule has 0 aliphatic heterocycles. The Morgan fingerprint density at radius 3 is 2.65 bits per heavy atom. The Morgan fingerprint density at radius 2 is 2.00 bits per heavy atom. The van der Waals surface area contributed by atoms with Gasteiger partial charge >= 0.3 is 0 Å². The Kier molecular flexibility index (Phi) is 6.06. The molecule has 1 N–H and O–H groups in total. The topological polar surface area (TPSA) is 21.3 Å². The van der Waals surface area contributed by atoms with Crippen LogP contribution in [0.1, 0.15) is 37.8 Å². The molecule has 1 atom stereocenters. The van der Waals surface area contributed by atoms with Crippen LogP contribution in [-0.4, -0.2) is 25.8 Å². The van der Waals surface area contributed by atoms with Gasteiger partial charge in [0.2, 0.25) is 0 Å². The third-order valence-corrected chi connectivity index (χ3v) is 3.99. The van der Waals surface area contributed by atoms with E-state index < -0.39 is 0 Å². The molecule has 1 saturated carbocycles. The lowest BCUT2D eigenvalue weighted by atomic mass is 9.96. The molecule has 20 heavy (non-hydrogen) atoms. The molecule has 0 heterocycles. The molecule has 0 amide bonds. The van der Waals surface area contributed by atoms with Crippen molar-refractivity contribution in [2.45, 2.75) is 46.1 Å². The number of aryl methyl sites for hydroxylation is 1. The summed E-state index contributed by atoms with van der Waals surface area (Å²) in [6.45, 7) is 9.49. The van der Waals surface area contributed by atoms with E-state index in [9.17, 15) is 0 Å². The minimum Gasteiger partial charge on any atom is -0.381 e. The van der Waals surface area contributed by atoms with Gasteiger partial charge in [0, 0.05) is 19.2 Å². The molecule has 0 aromatic heterocycles. The summed E-state index contributed by atoms with van der Waals surface area (Å²) in [5.41, 5.74) is 2.85. The first-order valence-electron chi connectivity index (χ1n) is 8.00. The van der Waals surface area contributed by atoms with Crippen LogP contribution in [-0.2, 0) is 11.2 Å². The lowest BCUT2D eigenvalue weighted by Gasteiger charge is -2.20. The summed E-state index contributed by atoms with van der Waals surface area (Å²) in [4.78, 5) is 0. The predicted octanol–water partition coefficient (Wildman–Crippen LogP) is 3.58. The summed E-state index contributed by atoms with van der Waals surface area (Å²) in [7, 11) is 0. The average molecular weight is 275 g/mol. The minimum atomic E-state index is 0.540. The second-order valence-corrected chi connectivity index (χ2v) is 6.54. The van der Waals surface area contributed by atoms with Crippen molar-refractivity contribution in [3.05, 3.63) is 35.4 Å². The first kappa shape index (κ1) is 15.5. The van der Waals surface area contributed by atoms with E-state index in [0.717, 1.165) is 32.1 Å². The molecule has 2 heteroatoms. The van der Waals surface area contributed by atoms with Crippen LogP contribution in [0.5, 0.6) is 0 Å². The number of hydrogen-bond donors (Lipinski definition) is 1. The summed E-state index contributed by atoms with van der Waals surface area (Å²) >= 11 is 0. The highest BCUT2D eigenvalue weighted by Gasteiger charge is 2.22. The maximum atomic E-state index is 5.92. The zero-order chi connectivity index (χ0) is 14.4. The third kappa shape index (κ3) is 5.64. The molecule has 0 bridgehead atoms. The Bertz CT molecular complexity index is 398. The van der Waals surface area contributed by atoms with Crippen molar-refractivity contribution in [1.82, 2.24) is 5.32 Å². The summed E-state index contributed by atoms with van der Waals surface area (Å²) in [6, 6.07) is 9.24. The van der Waals surface area contributed by atoms with Crippen LogP contribution in [0.25, 0.3) is 0 Å². The minimum absolute atomic E-state index is 0.540. The van der Waals surface area contributed by atoms with Gasteiger partial charge in [0.15, 0.2) is 0 Å². The van der Waals surface area contributed by atoms with Crippen molar-refractivity contribution in [2.24, 2.45) is 11.8 Å². The molecule has 1 aliphatic carbocycles. The summed E-state index contributed by atoms with van der Waals surface area (Å²) in [5.74, 6) is 1.42. The number of benzene rings is 1. The lowest BCUT2D eigenvalue weighted by Crippen LogP contribution is -2.32. The molecule has 0 radical (unpaired) electrons. The molecule has 1 unspecified atom stereocenters. The van der Waals surface area contributed by atoms with Crippen molar-refractivity contribution in [3.8, 4) is 0 Å². The second-order valence-electron chi connectivity index (χ2n) is 6.54. The lowest BCUT2D eigenvalue weighted by molar-refractivity contribution is 0.0900. The van der Waals surface area contributed by atoms with Crippen LogP contribution < -0.4 is 5.32 Å². The molecule has 1 aromatic carbocycles. The number of rotatable bonds is 9. The summed E-state index contributed by atoms with van der Waals surface area (Å²) < 4.78 is 5.92. The predicted molar refractivity (Wildman–Crippen MR) is 85.1 cm³/mol. The zero-order valence-electron chi connectivity index (χ0n) is 13.2. The standard InChI is InChI=1S/C18H29NO/c1-14(2)19-11-17(13-20-12-16-8-9-16)10-18-7-5-4-6-15(18)3/h4-7,14,16-17,19H,8-13H2,1-3H3. The Balaban J connectivity index is 1.84. The quantitative estimate of drug-likeness (QED) is 0.744. The highest BCUT2D eigenvalue weighted by atomic mass is 16.5. The molecule has 112 valence electrons. The fraction of sp³-hybridized carbons (Fsp3) is 0.667. The highest BCUT2D eigenvalue weighted by molar-refractivity contribution is 5.26. The Morgan fingerprint density at radius 1 is 1.25 bits per heavy atom. The first-order chi connectivity index (χ1) is 9.65. The average Bonchev–Trinajstić information content (AvgIpc) is 3.22. The molecule has 1 aromatic rings. The molecular formula is C18H29NO. The van der Waals surface area contributed by atoms with E-state index in [-0.39, 0.29) is 0 Å². The van der Waals surface area contributed by atoms with Crippen LogP contribution in [0.2, 0.25) is 0 Å². The van der Waals surface area contributed by atoms with Gasteiger partial charge in [-0.25, -0.2) is 0 Å². The molecule has 0 saturated heterocycles. The normalized spacial score (nSPS) is 16.6. The van der Waals surface area contributed by atoms with Crippen LogP contribution in [0, 0.1) is 18.8 Å². The summed E-state index contributed by atoms with van der Waals surface area (Å²) in [6.07, 6.45) is 3.84. The molecule has 2 rings (SSSR count). The third-order valence-electron chi connectivity index (χ3n) is 3.99. The van der Waals surface area contributed by atoms with Crippen LogP contribution in [0.4, 0.5) is 0 Å². The van der Waals surface area contributed by atoms with E-state index >= 15 is 0 Å². The highest BCUT2D eigenvalue weighted by Crippen LogP contribution is 2.29. The van der Waals surface area contributed by atoms with E-state index in [1.165, 1.54) is 24.0 Å². The van der Waals surface area contributed by atoms with Crippen molar-refractivity contribution >= 4 is 0 Å².